The van der Waals surface area contributed by atoms with E-state index < -0.39 is 7.92 Å². The normalized spacial score (nSPS) is 11.6. The summed E-state index contributed by atoms with van der Waals surface area (Å²) in [6.07, 6.45) is 4.06. The van der Waals surface area contributed by atoms with Gasteiger partial charge >= 0.3 is 0 Å². The molecule has 0 aliphatic carbocycles. The summed E-state index contributed by atoms with van der Waals surface area (Å²) >= 11 is 1.74. The standard InChI is InChI=1S/C26H24NPS.B/c1-2-12-22(25-20-29-26(27-25)21-13-6-3-7-14-21)19-28(23-15-8-4-9-16-23)24-17-10-5-11-18-24;/h2-11,13-18,20,22H,1,12,19H2;/t22-;/m0./s1. The Bertz CT molecular complexity index is 995. The van der Waals surface area contributed by atoms with E-state index in [9.17, 15) is 0 Å². The molecule has 1 heterocycles. The first-order chi connectivity index (χ1) is 14.3. The van der Waals surface area contributed by atoms with Crippen LogP contribution in [0.3, 0.4) is 0 Å². The molecule has 0 N–H and O–H groups in total. The minimum atomic E-state index is -0.454. The van der Waals surface area contributed by atoms with Gasteiger partial charge < -0.3 is 0 Å². The van der Waals surface area contributed by atoms with E-state index in [4.69, 9.17) is 4.98 Å². The second-order valence-corrected chi connectivity index (χ2v) is 10.1. The molecule has 0 aliphatic rings. The molecule has 4 heteroatoms. The van der Waals surface area contributed by atoms with Crippen LogP contribution in [0.2, 0.25) is 0 Å². The molecule has 1 aromatic heterocycles. The van der Waals surface area contributed by atoms with Crippen LogP contribution in [-0.2, 0) is 0 Å². The summed E-state index contributed by atoms with van der Waals surface area (Å²) in [5, 5.41) is 6.17. The smallest absolute Gasteiger partial charge is 0.123 e. The molecule has 30 heavy (non-hydrogen) atoms. The Morgan fingerprint density at radius 1 is 0.833 bits per heavy atom. The van der Waals surface area contributed by atoms with Crippen molar-refractivity contribution in [2.75, 3.05) is 6.16 Å². The van der Waals surface area contributed by atoms with Gasteiger partial charge in [0.1, 0.15) is 5.01 Å². The lowest BCUT2D eigenvalue weighted by molar-refractivity contribution is 0.767. The number of allylic oxidation sites excluding steroid dienone is 1. The molecule has 147 valence electrons. The van der Waals surface area contributed by atoms with Crippen molar-refractivity contribution in [1.29, 1.82) is 0 Å². The fourth-order valence-electron chi connectivity index (χ4n) is 3.47. The Morgan fingerprint density at radius 2 is 1.37 bits per heavy atom. The van der Waals surface area contributed by atoms with Crippen molar-refractivity contribution >= 4 is 38.3 Å². The van der Waals surface area contributed by atoms with Gasteiger partial charge in [0.05, 0.1) is 5.69 Å². The van der Waals surface area contributed by atoms with Gasteiger partial charge in [0.2, 0.25) is 0 Å². The average molecular weight is 424 g/mol. The number of rotatable bonds is 8. The summed E-state index contributed by atoms with van der Waals surface area (Å²) in [5.41, 5.74) is 2.38. The zero-order valence-corrected chi connectivity index (χ0v) is 18.6. The van der Waals surface area contributed by atoms with Gasteiger partial charge in [0.15, 0.2) is 0 Å². The van der Waals surface area contributed by atoms with Crippen molar-refractivity contribution in [3.05, 3.63) is 115 Å². The summed E-state index contributed by atoms with van der Waals surface area (Å²) in [7, 11) is -0.454. The van der Waals surface area contributed by atoms with Gasteiger partial charge in [0, 0.05) is 25.3 Å². The third-order valence-electron chi connectivity index (χ3n) is 4.95. The maximum absolute atomic E-state index is 5.02. The highest BCUT2D eigenvalue weighted by Crippen LogP contribution is 2.41. The fraction of sp³-hybridized carbons (Fsp3) is 0.115. The van der Waals surface area contributed by atoms with Crippen LogP contribution in [0.1, 0.15) is 18.0 Å². The molecule has 0 fully saturated rings. The molecule has 0 spiro atoms. The number of nitrogens with zero attached hydrogens (tertiary/aromatic N) is 1. The second kappa shape index (κ2) is 11.1. The third kappa shape index (κ3) is 5.36. The largest absolute Gasteiger partial charge is 0.241 e. The molecular formula is C26H24BNPS. The predicted octanol–water partition coefficient (Wildman–Crippen LogP) is 6.22. The third-order valence-corrected chi connectivity index (χ3v) is 8.51. The molecule has 4 aromatic rings. The van der Waals surface area contributed by atoms with E-state index in [1.54, 1.807) is 11.3 Å². The van der Waals surface area contributed by atoms with Crippen molar-refractivity contribution in [2.24, 2.45) is 0 Å². The number of hydrogen-bond donors (Lipinski definition) is 0. The summed E-state index contributed by atoms with van der Waals surface area (Å²) in [6, 6.07) is 32.3. The Labute approximate surface area is 186 Å². The summed E-state index contributed by atoms with van der Waals surface area (Å²) in [4.78, 5) is 5.02. The van der Waals surface area contributed by atoms with Gasteiger partial charge in [0.25, 0.3) is 0 Å². The molecule has 0 saturated heterocycles. The van der Waals surface area contributed by atoms with Gasteiger partial charge in [-0.2, -0.15) is 0 Å². The van der Waals surface area contributed by atoms with Crippen LogP contribution in [0.25, 0.3) is 10.6 Å². The highest BCUT2D eigenvalue weighted by atomic mass is 32.1. The highest BCUT2D eigenvalue weighted by molar-refractivity contribution is 7.73. The molecule has 0 bridgehead atoms. The molecule has 0 unspecified atom stereocenters. The fourth-order valence-corrected chi connectivity index (χ4v) is 6.94. The van der Waals surface area contributed by atoms with E-state index in [1.165, 1.54) is 21.9 Å². The van der Waals surface area contributed by atoms with Crippen LogP contribution in [0.15, 0.2) is 109 Å². The quantitative estimate of drug-likeness (QED) is 0.186. The first-order valence-corrected chi connectivity index (χ1v) is 12.2. The van der Waals surface area contributed by atoms with Gasteiger partial charge in [-0.3, -0.25) is 0 Å². The molecule has 1 nitrogen and oxygen atoms in total. The Balaban J connectivity index is 0.00000256. The van der Waals surface area contributed by atoms with E-state index >= 15 is 0 Å². The maximum Gasteiger partial charge on any atom is 0.123 e. The van der Waals surface area contributed by atoms with Crippen molar-refractivity contribution < 1.29 is 0 Å². The Morgan fingerprint density at radius 3 is 1.90 bits per heavy atom. The van der Waals surface area contributed by atoms with Gasteiger partial charge in [-0.1, -0.05) is 97.1 Å². The second-order valence-electron chi connectivity index (χ2n) is 6.95. The van der Waals surface area contributed by atoms with Gasteiger partial charge in [-0.15, -0.1) is 17.9 Å². The monoisotopic (exact) mass is 424 g/mol. The molecule has 0 aliphatic heterocycles. The molecular weight excluding hydrogens is 400 g/mol. The SMILES string of the molecule is C=CC[C@@H](CP(c1ccccc1)c1ccccc1)c1csc(-c2ccccc2)n1.[B]. The van der Waals surface area contributed by atoms with Crippen molar-refractivity contribution in [3.8, 4) is 10.6 Å². The summed E-state index contributed by atoms with van der Waals surface area (Å²) in [6.45, 7) is 4.03. The van der Waals surface area contributed by atoms with Crippen LogP contribution in [-0.4, -0.2) is 19.6 Å². The topological polar surface area (TPSA) is 12.9 Å². The Kier molecular flexibility index (Phi) is 8.19. The van der Waals surface area contributed by atoms with Crippen molar-refractivity contribution in [1.82, 2.24) is 4.98 Å². The number of benzene rings is 3. The average Bonchev–Trinajstić information content (AvgIpc) is 3.29. The molecule has 0 amide bonds. The lowest BCUT2D eigenvalue weighted by Gasteiger charge is -2.23. The van der Waals surface area contributed by atoms with E-state index in [1.807, 2.05) is 12.1 Å². The lowest BCUT2D eigenvalue weighted by atomic mass is 10.1. The van der Waals surface area contributed by atoms with Gasteiger partial charge in [-0.25, -0.2) is 4.98 Å². The first-order valence-electron chi connectivity index (χ1n) is 9.84. The van der Waals surface area contributed by atoms with E-state index in [0.29, 0.717) is 5.92 Å². The van der Waals surface area contributed by atoms with Crippen LogP contribution < -0.4 is 10.6 Å². The predicted molar refractivity (Wildman–Crippen MR) is 135 cm³/mol. The zero-order chi connectivity index (χ0) is 19.9. The van der Waals surface area contributed by atoms with Crippen LogP contribution >= 0.6 is 19.3 Å². The van der Waals surface area contributed by atoms with E-state index in [0.717, 1.165) is 17.6 Å². The van der Waals surface area contributed by atoms with Gasteiger partial charge in [-0.05, 0) is 31.1 Å². The minimum Gasteiger partial charge on any atom is -0.241 e. The summed E-state index contributed by atoms with van der Waals surface area (Å²) < 4.78 is 0. The first kappa shape index (κ1) is 22.2. The van der Waals surface area contributed by atoms with Crippen molar-refractivity contribution in [2.45, 2.75) is 12.3 Å². The lowest BCUT2D eigenvalue weighted by Crippen LogP contribution is -2.17. The zero-order valence-electron chi connectivity index (χ0n) is 16.9. The van der Waals surface area contributed by atoms with Crippen molar-refractivity contribution in [3.63, 3.8) is 0 Å². The van der Waals surface area contributed by atoms with Crippen LogP contribution in [0.5, 0.6) is 0 Å². The minimum absolute atomic E-state index is 0. The number of hydrogen-bond acceptors (Lipinski definition) is 2. The number of aromatic nitrogens is 1. The molecule has 3 aromatic carbocycles. The van der Waals surface area contributed by atoms with E-state index in [-0.39, 0.29) is 8.41 Å². The highest BCUT2D eigenvalue weighted by Gasteiger charge is 2.22. The van der Waals surface area contributed by atoms with E-state index in [2.05, 4.69) is 96.9 Å². The maximum atomic E-state index is 5.02. The molecule has 3 radical (unpaired) electrons. The molecule has 4 rings (SSSR count). The number of thiazole rings is 1. The summed E-state index contributed by atoms with van der Waals surface area (Å²) in [5.74, 6) is 0.368. The molecule has 0 saturated carbocycles. The molecule has 1 atom stereocenters. The van der Waals surface area contributed by atoms with Crippen LogP contribution in [0.4, 0.5) is 0 Å². The van der Waals surface area contributed by atoms with Crippen LogP contribution in [0, 0.1) is 0 Å². The Hall–Kier alpha value is -2.48.